The molecular formula is C10H4Cl4O6S3. The van der Waals surface area contributed by atoms with Gasteiger partial charge in [0.05, 0.1) is 14.7 Å². The fourth-order valence-electron chi connectivity index (χ4n) is 1.90. The summed E-state index contributed by atoms with van der Waals surface area (Å²) in [5.41, 5.74) is 0. The van der Waals surface area contributed by atoms with Gasteiger partial charge < -0.3 is 0 Å². The maximum atomic E-state index is 11.7. The lowest BCUT2D eigenvalue weighted by molar-refractivity contribution is 0.606. The second-order valence-corrected chi connectivity index (χ2v) is 12.2. The van der Waals surface area contributed by atoms with Crippen LogP contribution in [-0.4, -0.2) is 25.3 Å². The summed E-state index contributed by atoms with van der Waals surface area (Å²) in [7, 11) is 2.60. The molecule has 0 spiro atoms. The van der Waals surface area contributed by atoms with E-state index in [2.05, 4.69) is 0 Å². The molecule has 0 N–H and O–H groups in total. The maximum Gasteiger partial charge on any atom is 0.262 e. The van der Waals surface area contributed by atoms with E-state index in [0.29, 0.717) is 6.07 Å². The van der Waals surface area contributed by atoms with Crippen molar-refractivity contribution in [2.75, 3.05) is 0 Å². The van der Waals surface area contributed by atoms with Crippen LogP contribution >= 0.6 is 43.6 Å². The quantitative estimate of drug-likeness (QED) is 0.655. The molecule has 126 valence electrons. The fourth-order valence-corrected chi connectivity index (χ4v) is 5.23. The van der Waals surface area contributed by atoms with Gasteiger partial charge in [-0.3, -0.25) is 0 Å². The van der Waals surface area contributed by atoms with Crippen LogP contribution in [0, 0.1) is 0 Å². The predicted molar refractivity (Wildman–Crippen MR) is 88.1 cm³/mol. The van der Waals surface area contributed by atoms with Crippen LogP contribution in [0.4, 0.5) is 0 Å². The summed E-state index contributed by atoms with van der Waals surface area (Å²) >= 11 is 5.91. The standard InChI is InChI=1S/C10H4Cl4O6S3/c11-7-1-2-8(22(13,17)18)6-3-5(21(12,15)16)4-9(10(6)7)23(14,19)20/h1-4H. The highest BCUT2D eigenvalue weighted by molar-refractivity contribution is 8.15. The third-order valence-corrected chi connectivity index (χ3v) is 7.14. The van der Waals surface area contributed by atoms with E-state index in [1.807, 2.05) is 0 Å². The van der Waals surface area contributed by atoms with Crippen molar-refractivity contribution in [1.29, 1.82) is 0 Å². The Morgan fingerprint density at radius 3 is 1.65 bits per heavy atom. The van der Waals surface area contributed by atoms with E-state index >= 15 is 0 Å². The Bertz CT molecular complexity index is 1140. The second-order valence-electron chi connectivity index (χ2n) is 4.20. The van der Waals surface area contributed by atoms with Crippen molar-refractivity contribution < 1.29 is 25.3 Å². The molecule has 0 atom stereocenters. The minimum atomic E-state index is -4.47. The summed E-state index contributed by atoms with van der Waals surface area (Å²) in [6.07, 6.45) is 0. The molecule has 0 heterocycles. The van der Waals surface area contributed by atoms with Crippen LogP contribution in [0.25, 0.3) is 10.8 Å². The van der Waals surface area contributed by atoms with Gasteiger partial charge in [-0.1, -0.05) is 11.6 Å². The van der Waals surface area contributed by atoms with Gasteiger partial charge in [0, 0.05) is 47.8 Å². The smallest absolute Gasteiger partial charge is 0.207 e. The number of hydrogen-bond acceptors (Lipinski definition) is 6. The molecule has 0 saturated heterocycles. The van der Waals surface area contributed by atoms with E-state index in [1.54, 1.807) is 0 Å². The Hall–Kier alpha value is -0.290. The molecule has 2 rings (SSSR count). The van der Waals surface area contributed by atoms with Crippen LogP contribution < -0.4 is 0 Å². The zero-order chi connectivity index (χ0) is 17.8. The minimum absolute atomic E-state index is 0.165. The molecule has 0 aliphatic heterocycles. The largest absolute Gasteiger partial charge is 0.262 e. The fraction of sp³-hybridized carbons (Fsp3) is 0. The van der Waals surface area contributed by atoms with Crippen molar-refractivity contribution in [3.05, 3.63) is 29.3 Å². The third-order valence-electron chi connectivity index (χ3n) is 2.77. The van der Waals surface area contributed by atoms with Crippen LogP contribution in [0.5, 0.6) is 0 Å². The summed E-state index contributed by atoms with van der Waals surface area (Å²) in [5, 5.41) is -0.789. The number of fused-ring (bicyclic) bond motifs is 1. The molecular weight excluding hydrogens is 454 g/mol. The van der Waals surface area contributed by atoms with Crippen LogP contribution in [0.3, 0.4) is 0 Å². The van der Waals surface area contributed by atoms with Crippen LogP contribution in [0.15, 0.2) is 39.0 Å². The lowest BCUT2D eigenvalue weighted by Gasteiger charge is -2.11. The highest BCUT2D eigenvalue weighted by Crippen LogP contribution is 2.38. The van der Waals surface area contributed by atoms with Crippen LogP contribution in [0.1, 0.15) is 0 Å². The van der Waals surface area contributed by atoms with Gasteiger partial charge in [0.15, 0.2) is 0 Å². The van der Waals surface area contributed by atoms with E-state index in [-0.39, 0.29) is 15.8 Å². The number of benzene rings is 2. The Kier molecular flexibility index (Phi) is 4.89. The van der Waals surface area contributed by atoms with Crippen molar-refractivity contribution in [2.45, 2.75) is 14.7 Å². The van der Waals surface area contributed by atoms with Gasteiger partial charge in [0.25, 0.3) is 27.2 Å². The van der Waals surface area contributed by atoms with Gasteiger partial charge >= 0.3 is 0 Å². The first kappa shape index (κ1) is 19.0. The number of halogens is 4. The van der Waals surface area contributed by atoms with Gasteiger partial charge in [0.1, 0.15) is 0 Å². The van der Waals surface area contributed by atoms with Gasteiger partial charge in [-0.2, -0.15) is 0 Å². The van der Waals surface area contributed by atoms with E-state index in [0.717, 1.165) is 18.2 Å². The summed E-state index contributed by atoms with van der Waals surface area (Å²) in [5.74, 6) is 0. The average Bonchev–Trinajstić information content (AvgIpc) is 2.34. The van der Waals surface area contributed by atoms with Gasteiger partial charge in [0.2, 0.25) is 0 Å². The zero-order valence-electron chi connectivity index (χ0n) is 10.5. The van der Waals surface area contributed by atoms with Crippen molar-refractivity contribution in [1.82, 2.24) is 0 Å². The normalized spacial score (nSPS) is 13.4. The van der Waals surface area contributed by atoms with Crippen molar-refractivity contribution >= 4 is 81.6 Å². The van der Waals surface area contributed by atoms with Gasteiger partial charge in [-0.05, 0) is 24.3 Å². The molecule has 2 aromatic carbocycles. The Morgan fingerprint density at radius 1 is 0.696 bits per heavy atom. The first-order valence-electron chi connectivity index (χ1n) is 5.33. The van der Waals surface area contributed by atoms with Gasteiger partial charge in [-0.15, -0.1) is 0 Å². The summed E-state index contributed by atoms with van der Waals surface area (Å²) in [4.78, 5) is -1.92. The highest BCUT2D eigenvalue weighted by atomic mass is 35.7. The highest BCUT2D eigenvalue weighted by Gasteiger charge is 2.26. The lowest BCUT2D eigenvalue weighted by atomic mass is 10.1. The summed E-state index contributed by atoms with van der Waals surface area (Å²) in [6.45, 7) is 0. The molecule has 0 bridgehead atoms. The molecule has 2 aromatic rings. The molecule has 0 fully saturated rings. The Morgan fingerprint density at radius 2 is 1.22 bits per heavy atom. The van der Waals surface area contributed by atoms with Crippen molar-refractivity contribution in [2.24, 2.45) is 0 Å². The number of hydrogen-bond donors (Lipinski definition) is 0. The first-order chi connectivity index (χ1) is 10.2. The first-order valence-corrected chi connectivity index (χ1v) is 12.6. The lowest BCUT2D eigenvalue weighted by Crippen LogP contribution is -2.01. The third kappa shape index (κ3) is 3.87. The topological polar surface area (TPSA) is 102 Å². The van der Waals surface area contributed by atoms with Crippen LogP contribution in [-0.2, 0) is 27.2 Å². The minimum Gasteiger partial charge on any atom is -0.207 e. The molecule has 13 heteroatoms. The Labute approximate surface area is 150 Å². The average molecular weight is 458 g/mol. The molecule has 0 aromatic heterocycles. The van der Waals surface area contributed by atoms with Gasteiger partial charge in [-0.25, -0.2) is 25.3 Å². The number of rotatable bonds is 3. The van der Waals surface area contributed by atoms with Crippen LogP contribution in [0.2, 0.25) is 5.02 Å². The predicted octanol–water partition coefficient (Wildman–Crippen LogP) is 3.28. The zero-order valence-corrected chi connectivity index (χ0v) is 16.0. The molecule has 0 unspecified atom stereocenters. The molecule has 0 aliphatic rings. The SMILES string of the molecule is O=S(=O)(Cl)c1cc(S(=O)(=O)Cl)c2c(Cl)ccc(S(=O)(=O)Cl)c2c1. The summed E-state index contributed by atoms with van der Waals surface area (Å²) < 4.78 is 69.8. The monoisotopic (exact) mass is 456 g/mol. The molecule has 6 nitrogen and oxygen atoms in total. The van der Waals surface area contributed by atoms with E-state index in [4.69, 9.17) is 43.6 Å². The Balaban J connectivity index is 3.25. The molecule has 0 amide bonds. The molecule has 23 heavy (non-hydrogen) atoms. The molecule has 0 radical (unpaired) electrons. The van der Waals surface area contributed by atoms with E-state index < -0.39 is 41.8 Å². The van der Waals surface area contributed by atoms with E-state index in [1.165, 1.54) is 0 Å². The van der Waals surface area contributed by atoms with E-state index in [9.17, 15) is 25.3 Å². The maximum absolute atomic E-state index is 11.7. The second kappa shape index (κ2) is 5.91. The summed E-state index contributed by atoms with van der Waals surface area (Å²) in [6, 6.07) is 3.63. The van der Waals surface area contributed by atoms with Crippen molar-refractivity contribution in [3.63, 3.8) is 0 Å². The molecule has 0 saturated carbocycles. The van der Waals surface area contributed by atoms with Crippen molar-refractivity contribution in [3.8, 4) is 0 Å². The molecule has 0 aliphatic carbocycles.